The van der Waals surface area contributed by atoms with Crippen molar-refractivity contribution in [3.05, 3.63) is 72.9 Å². The van der Waals surface area contributed by atoms with Gasteiger partial charge in [0.2, 0.25) is 11.8 Å². The molecule has 0 aliphatic rings. The Kier molecular flexibility index (Phi) is 23.2. The Morgan fingerprint density at radius 1 is 0.594 bits per heavy atom. The predicted octanol–water partition coefficient (Wildman–Crippen LogP) is 6.02. The minimum absolute atomic E-state index is 0.00738. The molecule has 4 nitrogen and oxygen atoms in total. The number of rotatable bonds is 19. The quantitative estimate of drug-likeness (QED) is 0.126. The standard InChI is InChI=1S/C27H42N2O2S/c1-2-3-4-5-6-7-8-9-10-11-12-13-14-15-16-17-18-19-20-21-26(30)28-23-24-29-27(31)22-25-32/h3-4,6-7,9-10,12-13,15-16,18-19,32H,2,5,8,11,14,17,20-25H2,1H3,(H,28,30)(H,29,31)/b4-3-,7-6-,10-9-,13-12-,16-15-,19-18-. The summed E-state index contributed by atoms with van der Waals surface area (Å²) in [5.74, 6) is 0.504. The van der Waals surface area contributed by atoms with Crippen molar-refractivity contribution in [2.45, 2.75) is 64.7 Å². The maximum absolute atomic E-state index is 11.7. The molecular weight excluding hydrogens is 416 g/mol. The van der Waals surface area contributed by atoms with Crippen LogP contribution in [0.4, 0.5) is 0 Å². The first kappa shape index (κ1) is 29.7. The van der Waals surface area contributed by atoms with E-state index in [0.717, 1.165) is 44.9 Å². The van der Waals surface area contributed by atoms with E-state index in [2.05, 4.69) is 97.0 Å². The fourth-order valence-electron chi connectivity index (χ4n) is 2.54. The fourth-order valence-corrected chi connectivity index (χ4v) is 2.74. The Labute approximate surface area is 201 Å². The Morgan fingerprint density at radius 3 is 1.38 bits per heavy atom. The highest BCUT2D eigenvalue weighted by molar-refractivity contribution is 7.80. The number of nitrogens with one attached hydrogen (secondary N) is 2. The SMILES string of the molecule is CC/C=C\C/C=C\C/C=C\C/C=C\C/C=C\C/C=C\CCC(=O)NCCNC(=O)CCS. The largest absolute Gasteiger partial charge is 0.354 e. The molecule has 0 unspecified atom stereocenters. The zero-order valence-corrected chi connectivity index (χ0v) is 20.6. The van der Waals surface area contributed by atoms with Gasteiger partial charge in [0.05, 0.1) is 0 Å². The average Bonchev–Trinajstić information content (AvgIpc) is 2.78. The van der Waals surface area contributed by atoms with Crippen molar-refractivity contribution in [3.63, 3.8) is 0 Å². The van der Waals surface area contributed by atoms with Crippen LogP contribution in [0.2, 0.25) is 0 Å². The van der Waals surface area contributed by atoms with Gasteiger partial charge in [-0.3, -0.25) is 9.59 Å². The Balaban J connectivity index is 3.58. The van der Waals surface area contributed by atoms with Crippen molar-refractivity contribution in [1.29, 1.82) is 0 Å². The minimum Gasteiger partial charge on any atom is -0.354 e. The van der Waals surface area contributed by atoms with Crippen LogP contribution in [0.3, 0.4) is 0 Å². The summed E-state index contributed by atoms with van der Waals surface area (Å²) in [4.78, 5) is 22.9. The third-order valence-electron chi connectivity index (χ3n) is 4.24. The lowest BCUT2D eigenvalue weighted by atomic mass is 10.2. The Bertz CT molecular complexity index is 646. The summed E-state index contributed by atoms with van der Waals surface area (Å²) in [6, 6.07) is 0. The number of carbonyl (C=O) groups is 2. The van der Waals surface area contributed by atoms with Gasteiger partial charge in [0, 0.05) is 25.9 Å². The number of allylic oxidation sites excluding steroid dienone is 12. The summed E-state index contributed by atoms with van der Waals surface area (Å²) in [6.07, 6.45) is 33.5. The van der Waals surface area contributed by atoms with E-state index >= 15 is 0 Å². The monoisotopic (exact) mass is 458 g/mol. The summed E-state index contributed by atoms with van der Waals surface area (Å²) in [5.41, 5.74) is 0. The number of thiol groups is 1. The van der Waals surface area contributed by atoms with Gasteiger partial charge in [0.1, 0.15) is 0 Å². The summed E-state index contributed by atoms with van der Waals surface area (Å²) in [7, 11) is 0. The highest BCUT2D eigenvalue weighted by atomic mass is 32.1. The van der Waals surface area contributed by atoms with Crippen LogP contribution in [0.25, 0.3) is 0 Å². The van der Waals surface area contributed by atoms with Crippen LogP contribution in [0.15, 0.2) is 72.9 Å². The second-order valence-corrected chi connectivity index (χ2v) is 7.57. The minimum atomic E-state index is -0.0350. The van der Waals surface area contributed by atoms with Crippen molar-refractivity contribution < 1.29 is 9.59 Å². The van der Waals surface area contributed by atoms with E-state index in [1.165, 1.54) is 0 Å². The van der Waals surface area contributed by atoms with Crippen molar-refractivity contribution in [3.8, 4) is 0 Å². The molecule has 0 heterocycles. The van der Waals surface area contributed by atoms with Gasteiger partial charge in [0.25, 0.3) is 0 Å². The van der Waals surface area contributed by atoms with Gasteiger partial charge in [-0.05, 0) is 50.7 Å². The normalized spacial score (nSPS) is 12.4. The molecule has 0 saturated carbocycles. The zero-order chi connectivity index (χ0) is 23.5. The molecule has 32 heavy (non-hydrogen) atoms. The number of carbonyl (C=O) groups excluding carboxylic acids is 2. The maximum Gasteiger partial charge on any atom is 0.220 e. The molecule has 0 atom stereocenters. The van der Waals surface area contributed by atoms with E-state index < -0.39 is 0 Å². The van der Waals surface area contributed by atoms with Crippen molar-refractivity contribution in [2.24, 2.45) is 0 Å². The number of amides is 2. The third kappa shape index (κ3) is 24.0. The van der Waals surface area contributed by atoms with Gasteiger partial charge < -0.3 is 10.6 Å². The van der Waals surface area contributed by atoms with E-state index in [1.54, 1.807) is 0 Å². The average molecular weight is 459 g/mol. The molecule has 0 bridgehead atoms. The van der Waals surface area contributed by atoms with Gasteiger partial charge in [-0.15, -0.1) is 0 Å². The molecule has 0 spiro atoms. The Hall–Kier alpha value is -2.27. The van der Waals surface area contributed by atoms with E-state index in [-0.39, 0.29) is 11.8 Å². The third-order valence-corrected chi connectivity index (χ3v) is 4.47. The molecule has 0 aromatic rings. The predicted molar refractivity (Wildman–Crippen MR) is 142 cm³/mol. The first-order chi connectivity index (χ1) is 15.7. The van der Waals surface area contributed by atoms with Crippen molar-refractivity contribution in [2.75, 3.05) is 18.8 Å². The second-order valence-electron chi connectivity index (χ2n) is 7.13. The number of hydrogen-bond donors (Lipinski definition) is 3. The summed E-state index contributed by atoms with van der Waals surface area (Å²) >= 11 is 4.00. The van der Waals surface area contributed by atoms with E-state index in [1.807, 2.05) is 6.08 Å². The van der Waals surface area contributed by atoms with Gasteiger partial charge >= 0.3 is 0 Å². The fraction of sp³-hybridized carbons (Fsp3) is 0.481. The molecule has 0 fully saturated rings. The lowest BCUT2D eigenvalue weighted by Crippen LogP contribution is -2.34. The molecule has 0 saturated heterocycles. The van der Waals surface area contributed by atoms with Crippen LogP contribution < -0.4 is 10.6 Å². The molecule has 0 radical (unpaired) electrons. The smallest absolute Gasteiger partial charge is 0.220 e. The van der Waals surface area contributed by atoms with Gasteiger partial charge in [-0.1, -0.05) is 79.8 Å². The topological polar surface area (TPSA) is 58.2 Å². The molecule has 2 amide bonds. The molecule has 0 aromatic carbocycles. The first-order valence-electron chi connectivity index (χ1n) is 11.7. The first-order valence-corrected chi connectivity index (χ1v) is 12.4. The molecule has 5 heteroatoms. The van der Waals surface area contributed by atoms with Crippen LogP contribution >= 0.6 is 12.6 Å². The van der Waals surface area contributed by atoms with Crippen molar-refractivity contribution >= 4 is 24.4 Å². The lowest BCUT2D eigenvalue weighted by Gasteiger charge is -2.05. The van der Waals surface area contributed by atoms with E-state index in [4.69, 9.17) is 0 Å². The maximum atomic E-state index is 11.7. The van der Waals surface area contributed by atoms with Gasteiger partial charge in [-0.25, -0.2) is 0 Å². The highest BCUT2D eigenvalue weighted by Gasteiger charge is 2.00. The van der Waals surface area contributed by atoms with Gasteiger partial charge in [0.15, 0.2) is 0 Å². The zero-order valence-electron chi connectivity index (χ0n) is 19.7. The summed E-state index contributed by atoms with van der Waals surface area (Å²) in [6.45, 7) is 3.06. The van der Waals surface area contributed by atoms with Crippen LogP contribution in [0.5, 0.6) is 0 Å². The molecular formula is C27H42N2O2S. The second kappa shape index (κ2) is 25.0. The molecule has 0 rings (SSSR count). The van der Waals surface area contributed by atoms with Gasteiger partial charge in [-0.2, -0.15) is 12.6 Å². The van der Waals surface area contributed by atoms with Crippen LogP contribution in [-0.2, 0) is 9.59 Å². The molecule has 2 N–H and O–H groups in total. The van der Waals surface area contributed by atoms with Crippen LogP contribution in [-0.4, -0.2) is 30.7 Å². The van der Waals surface area contributed by atoms with E-state index in [9.17, 15) is 9.59 Å². The number of hydrogen-bond acceptors (Lipinski definition) is 3. The summed E-state index contributed by atoms with van der Waals surface area (Å²) < 4.78 is 0. The highest BCUT2D eigenvalue weighted by Crippen LogP contribution is 1.97. The van der Waals surface area contributed by atoms with Crippen LogP contribution in [0.1, 0.15) is 64.7 Å². The van der Waals surface area contributed by atoms with E-state index in [0.29, 0.717) is 31.7 Å². The summed E-state index contributed by atoms with van der Waals surface area (Å²) in [5, 5.41) is 5.53. The van der Waals surface area contributed by atoms with Crippen LogP contribution in [0, 0.1) is 0 Å². The molecule has 178 valence electrons. The lowest BCUT2D eigenvalue weighted by molar-refractivity contribution is -0.122. The molecule has 0 aromatic heterocycles. The molecule has 0 aliphatic carbocycles. The van der Waals surface area contributed by atoms with Crippen molar-refractivity contribution in [1.82, 2.24) is 10.6 Å². The Morgan fingerprint density at radius 2 is 0.969 bits per heavy atom. The molecule has 0 aliphatic heterocycles.